The van der Waals surface area contributed by atoms with Crippen molar-refractivity contribution in [1.82, 2.24) is 9.88 Å². The van der Waals surface area contributed by atoms with Gasteiger partial charge in [-0.3, -0.25) is 4.79 Å². The standard InChI is InChI=1S/C20H25N3O3S/c1-3-14-6-4-5-9-23(14)18(24)12-26-20(25)15-10-17(13-7-8-13)22-19(27-2)16(15)11-21/h10,13-14H,3-9,12H2,1-2H3/t14-/m1/s1. The number of hydrogen-bond acceptors (Lipinski definition) is 6. The molecule has 2 heterocycles. The maximum atomic E-state index is 12.6. The number of piperidine rings is 1. The summed E-state index contributed by atoms with van der Waals surface area (Å²) < 4.78 is 5.31. The highest BCUT2D eigenvalue weighted by atomic mass is 32.2. The first-order valence-corrected chi connectivity index (χ1v) is 10.8. The van der Waals surface area contributed by atoms with Gasteiger partial charge in [0.1, 0.15) is 11.1 Å². The second kappa shape index (κ2) is 8.75. The van der Waals surface area contributed by atoms with Crippen molar-refractivity contribution >= 4 is 23.6 Å². The number of carbonyl (C=O) groups excluding carboxylic acids is 2. The van der Waals surface area contributed by atoms with Gasteiger partial charge in [0.05, 0.1) is 11.1 Å². The summed E-state index contributed by atoms with van der Waals surface area (Å²) in [5.74, 6) is -0.421. The van der Waals surface area contributed by atoms with Gasteiger partial charge < -0.3 is 9.64 Å². The van der Waals surface area contributed by atoms with Crippen LogP contribution >= 0.6 is 11.8 Å². The van der Waals surface area contributed by atoms with E-state index in [1.165, 1.54) is 11.8 Å². The van der Waals surface area contributed by atoms with Gasteiger partial charge in [-0.05, 0) is 50.8 Å². The van der Waals surface area contributed by atoms with Crippen LogP contribution in [0.2, 0.25) is 0 Å². The second-order valence-electron chi connectivity index (χ2n) is 7.09. The zero-order chi connectivity index (χ0) is 19.4. The fourth-order valence-electron chi connectivity index (χ4n) is 3.59. The van der Waals surface area contributed by atoms with E-state index in [0.717, 1.165) is 50.8 Å². The number of ether oxygens (including phenoxy) is 1. The predicted molar refractivity (Wildman–Crippen MR) is 103 cm³/mol. The molecule has 7 heteroatoms. The van der Waals surface area contributed by atoms with Gasteiger partial charge in [0.2, 0.25) is 0 Å². The third kappa shape index (κ3) is 4.44. The number of rotatable bonds is 6. The average molecular weight is 388 g/mol. The van der Waals surface area contributed by atoms with Crippen molar-refractivity contribution in [2.24, 2.45) is 0 Å². The Balaban J connectivity index is 1.73. The molecule has 1 saturated carbocycles. The third-order valence-electron chi connectivity index (χ3n) is 5.27. The van der Waals surface area contributed by atoms with Crippen molar-refractivity contribution in [3.63, 3.8) is 0 Å². The quantitative estimate of drug-likeness (QED) is 0.549. The van der Waals surface area contributed by atoms with Gasteiger partial charge in [0.15, 0.2) is 6.61 Å². The van der Waals surface area contributed by atoms with Crippen LogP contribution in [0.5, 0.6) is 0 Å². The maximum Gasteiger partial charge on any atom is 0.340 e. The van der Waals surface area contributed by atoms with Crippen LogP contribution in [-0.4, -0.2) is 47.2 Å². The monoisotopic (exact) mass is 387 g/mol. The molecule has 1 saturated heterocycles. The molecular formula is C20H25N3O3S. The third-order valence-corrected chi connectivity index (χ3v) is 5.95. The molecule has 0 N–H and O–H groups in total. The Labute approximate surface area is 164 Å². The van der Waals surface area contributed by atoms with Crippen LogP contribution in [0.15, 0.2) is 11.1 Å². The summed E-state index contributed by atoms with van der Waals surface area (Å²) >= 11 is 1.34. The molecule has 0 unspecified atom stereocenters. The molecule has 144 valence electrons. The van der Waals surface area contributed by atoms with Gasteiger partial charge >= 0.3 is 5.97 Å². The van der Waals surface area contributed by atoms with Gasteiger partial charge in [-0.25, -0.2) is 9.78 Å². The topological polar surface area (TPSA) is 83.3 Å². The first kappa shape index (κ1) is 19.7. The molecule has 3 rings (SSSR count). The molecule has 2 fully saturated rings. The van der Waals surface area contributed by atoms with E-state index in [1.807, 2.05) is 11.2 Å². The predicted octanol–water partition coefficient (Wildman–Crippen LogP) is 3.50. The molecule has 1 aliphatic carbocycles. The number of likely N-dealkylation sites (tertiary alicyclic amines) is 1. The second-order valence-corrected chi connectivity index (χ2v) is 7.88. The molecule has 6 nitrogen and oxygen atoms in total. The summed E-state index contributed by atoms with van der Waals surface area (Å²) in [4.78, 5) is 31.5. The molecule has 1 aromatic rings. The van der Waals surface area contributed by atoms with Gasteiger partial charge in [-0.2, -0.15) is 5.26 Å². The first-order chi connectivity index (χ1) is 13.1. The van der Waals surface area contributed by atoms with E-state index in [9.17, 15) is 14.9 Å². The van der Waals surface area contributed by atoms with Crippen molar-refractivity contribution in [3.8, 4) is 6.07 Å². The molecular weight excluding hydrogens is 362 g/mol. The number of aromatic nitrogens is 1. The number of thioether (sulfide) groups is 1. The number of pyridine rings is 1. The van der Waals surface area contributed by atoms with Crippen LogP contribution < -0.4 is 0 Å². The van der Waals surface area contributed by atoms with Crippen LogP contribution in [-0.2, 0) is 9.53 Å². The minimum absolute atomic E-state index is 0.157. The molecule has 1 amide bonds. The highest BCUT2D eigenvalue weighted by Crippen LogP contribution is 2.40. The molecule has 1 aliphatic heterocycles. The highest BCUT2D eigenvalue weighted by Gasteiger charge is 2.30. The van der Waals surface area contributed by atoms with Crippen molar-refractivity contribution < 1.29 is 14.3 Å². The Bertz CT molecular complexity index is 770. The summed E-state index contributed by atoms with van der Waals surface area (Å²) in [6.45, 7) is 2.51. The Morgan fingerprint density at radius 2 is 2.15 bits per heavy atom. The smallest absolute Gasteiger partial charge is 0.340 e. The molecule has 0 radical (unpaired) electrons. The van der Waals surface area contributed by atoms with Crippen LogP contribution in [0.25, 0.3) is 0 Å². The molecule has 2 aliphatic rings. The summed E-state index contributed by atoms with van der Waals surface area (Å²) in [7, 11) is 0. The minimum atomic E-state index is -0.621. The number of hydrogen-bond donors (Lipinski definition) is 0. The van der Waals surface area contributed by atoms with Gasteiger partial charge in [0.25, 0.3) is 5.91 Å². The summed E-state index contributed by atoms with van der Waals surface area (Å²) in [5.41, 5.74) is 1.28. The lowest BCUT2D eigenvalue weighted by Crippen LogP contribution is -2.45. The van der Waals surface area contributed by atoms with E-state index in [1.54, 1.807) is 6.07 Å². The van der Waals surface area contributed by atoms with E-state index in [2.05, 4.69) is 18.0 Å². The molecule has 0 aromatic carbocycles. The summed E-state index contributed by atoms with van der Waals surface area (Å²) in [6, 6.07) is 3.96. The van der Waals surface area contributed by atoms with E-state index >= 15 is 0 Å². The maximum absolute atomic E-state index is 12.6. The van der Waals surface area contributed by atoms with Crippen LogP contribution in [0.3, 0.4) is 0 Å². The average Bonchev–Trinajstić information content (AvgIpc) is 3.55. The van der Waals surface area contributed by atoms with Gasteiger partial charge in [-0.15, -0.1) is 11.8 Å². The van der Waals surface area contributed by atoms with Gasteiger partial charge in [0, 0.05) is 24.2 Å². The van der Waals surface area contributed by atoms with Crippen LogP contribution in [0.4, 0.5) is 0 Å². The Hall–Kier alpha value is -2.07. The number of esters is 1. The fraction of sp³-hybridized carbons (Fsp3) is 0.600. The Kier molecular flexibility index (Phi) is 6.38. The fourth-order valence-corrected chi connectivity index (χ4v) is 4.14. The van der Waals surface area contributed by atoms with Gasteiger partial charge in [-0.1, -0.05) is 6.92 Å². The normalized spacial score (nSPS) is 19.4. The lowest BCUT2D eigenvalue weighted by molar-refractivity contribution is -0.138. The number of nitriles is 1. The van der Waals surface area contributed by atoms with Crippen LogP contribution in [0.1, 0.15) is 73.0 Å². The van der Waals surface area contributed by atoms with E-state index in [0.29, 0.717) is 10.9 Å². The number of nitrogens with zero attached hydrogens (tertiary/aromatic N) is 3. The summed E-state index contributed by atoms with van der Waals surface area (Å²) in [5, 5.41) is 10.0. The minimum Gasteiger partial charge on any atom is -0.452 e. The van der Waals surface area contributed by atoms with E-state index in [-0.39, 0.29) is 29.7 Å². The number of amides is 1. The SMILES string of the molecule is CC[C@@H]1CCCCN1C(=O)COC(=O)c1cc(C2CC2)nc(SC)c1C#N. The Morgan fingerprint density at radius 1 is 1.37 bits per heavy atom. The molecule has 1 atom stereocenters. The van der Waals surface area contributed by atoms with Crippen molar-refractivity contribution in [3.05, 3.63) is 22.9 Å². The first-order valence-electron chi connectivity index (χ1n) is 9.54. The zero-order valence-corrected chi connectivity index (χ0v) is 16.7. The molecule has 1 aromatic heterocycles. The van der Waals surface area contributed by atoms with Crippen molar-refractivity contribution in [1.29, 1.82) is 5.26 Å². The van der Waals surface area contributed by atoms with Crippen molar-refractivity contribution in [2.75, 3.05) is 19.4 Å². The zero-order valence-electron chi connectivity index (χ0n) is 15.9. The van der Waals surface area contributed by atoms with E-state index in [4.69, 9.17) is 4.74 Å². The highest BCUT2D eigenvalue weighted by molar-refractivity contribution is 7.98. The largest absolute Gasteiger partial charge is 0.452 e. The van der Waals surface area contributed by atoms with E-state index < -0.39 is 5.97 Å². The van der Waals surface area contributed by atoms with Crippen LogP contribution in [0, 0.1) is 11.3 Å². The molecule has 27 heavy (non-hydrogen) atoms. The van der Waals surface area contributed by atoms with Crippen molar-refractivity contribution in [2.45, 2.75) is 62.4 Å². The lowest BCUT2D eigenvalue weighted by atomic mass is 10.00. The number of carbonyl (C=O) groups is 2. The molecule has 0 bridgehead atoms. The summed E-state index contributed by atoms with van der Waals surface area (Å²) in [6.07, 6.45) is 7.96. The molecule has 0 spiro atoms. The Morgan fingerprint density at radius 3 is 2.78 bits per heavy atom. The lowest BCUT2D eigenvalue weighted by Gasteiger charge is -2.35.